The molecule has 0 atom stereocenters. The highest BCUT2D eigenvalue weighted by Crippen LogP contribution is 2.38. The Labute approximate surface area is 148 Å². The van der Waals surface area contributed by atoms with E-state index in [9.17, 15) is 9.59 Å². The Hall–Kier alpha value is -1.36. The average Bonchev–Trinajstić information content (AvgIpc) is 3.32. The highest BCUT2D eigenvalue weighted by molar-refractivity contribution is 7.12. The molecule has 2 aliphatic rings. The van der Waals surface area contributed by atoms with Gasteiger partial charge >= 0.3 is 5.97 Å². The summed E-state index contributed by atoms with van der Waals surface area (Å²) in [5, 5.41) is 1.88. The SMILES string of the molecule is CC[C@H]1CC[C@H](C(=O)N(CC2CC2)c2ccsc2C(=O)OC)CC1. The van der Waals surface area contributed by atoms with Crippen LogP contribution in [0.2, 0.25) is 0 Å². The molecule has 24 heavy (non-hydrogen) atoms. The first-order valence-corrected chi connectivity index (χ1v) is 9.99. The van der Waals surface area contributed by atoms with Crippen LogP contribution in [0.25, 0.3) is 0 Å². The molecule has 0 saturated heterocycles. The number of esters is 1. The van der Waals surface area contributed by atoms with E-state index in [2.05, 4.69) is 6.92 Å². The zero-order chi connectivity index (χ0) is 17.1. The molecule has 0 N–H and O–H groups in total. The predicted molar refractivity (Wildman–Crippen MR) is 96.5 cm³/mol. The number of thiophene rings is 1. The lowest BCUT2D eigenvalue weighted by molar-refractivity contribution is -0.123. The van der Waals surface area contributed by atoms with Crippen molar-refractivity contribution in [2.75, 3.05) is 18.6 Å². The highest BCUT2D eigenvalue weighted by atomic mass is 32.1. The van der Waals surface area contributed by atoms with Crippen molar-refractivity contribution in [2.24, 2.45) is 17.8 Å². The van der Waals surface area contributed by atoms with Gasteiger partial charge in [-0.25, -0.2) is 4.79 Å². The molecule has 3 rings (SSSR count). The second-order valence-corrected chi connectivity index (χ2v) is 8.06. The lowest BCUT2D eigenvalue weighted by Gasteiger charge is -2.32. The third-order valence-electron chi connectivity index (χ3n) is 5.48. The number of hydrogen-bond acceptors (Lipinski definition) is 4. The normalized spacial score (nSPS) is 23.8. The Kier molecular flexibility index (Phi) is 5.59. The molecule has 1 aromatic rings. The van der Waals surface area contributed by atoms with Crippen LogP contribution in [0.3, 0.4) is 0 Å². The minimum atomic E-state index is -0.344. The van der Waals surface area contributed by atoms with Gasteiger partial charge < -0.3 is 9.64 Å². The number of hydrogen-bond donors (Lipinski definition) is 0. The molecule has 0 aromatic carbocycles. The van der Waals surface area contributed by atoms with Crippen molar-refractivity contribution in [1.82, 2.24) is 0 Å². The standard InChI is InChI=1S/C19H27NO3S/c1-3-13-6-8-15(9-7-13)18(21)20(12-14-4-5-14)16-10-11-24-17(16)19(22)23-2/h10-11,13-15H,3-9,12H2,1-2H3/t13-,15-. The maximum absolute atomic E-state index is 13.2. The minimum absolute atomic E-state index is 0.108. The molecule has 1 aromatic heterocycles. The van der Waals surface area contributed by atoms with Gasteiger partial charge in [-0.05, 0) is 61.8 Å². The summed E-state index contributed by atoms with van der Waals surface area (Å²) in [6.45, 7) is 2.98. The summed E-state index contributed by atoms with van der Waals surface area (Å²) in [5.74, 6) is 1.34. The second-order valence-electron chi connectivity index (χ2n) is 7.14. The van der Waals surface area contributed by atoms with Crippen LogP contribution in [0.1, 0.15) is 61.5 Å². The van der Waals surface area contributed by atoms with Crippen molar-refractivity contribution >= 4 is 28.9 Å². The quantitative estimate of drug-likeness (QED) is 0.711. The first-order valence-electron chi connectivity index (χ1n) is 9.11. The molecular weight excluding hydrogens is 322 g/mol. The number of methoxy groups -OCH3 is 1. The summed E-state index contributed by atoms with van der Waals surface area (Å²) >= 11 is 1.36. The summed E-state index contributed by atoms with van der Waals surface area (Å²) < 4.78 is 4.89. The summed E-state index contributed by atoms with van der Waals surface area (Å²) in [6, 6.07) is 1.90. The molecule has 0 aliphatic heterocycles. The van der Waals surface area contributed by atoms with Crippen molar-refractivity contribution in [3.8, 4) is 0 Å². The maximum Gasteiger partial charge on any atom is 0.350 e. The van der Waals surface area contributed by atoms with Gasteiger partial charge in [-0.15, -0.1) is 11.3 Å². The molecule has 0 unspecified atom stereocenters. The Bertz CT molecular complexity index is 585. The van der Waals surface area contributed by atoms with E-state index in [0.717, 1.165) is 43.8 Å². The maximum atomic E-state index is 13.2. The van der Waals surface area contributed by atoms with E-state index in [4.69, 9.17) is 4.74 Å². The van der Waals surface area contributed by atoms with Gasteiger partial charge in [0.1, 0.15) is 4.88 Å². The van der Waals surface area contributed by atoms with Crippen molar-refractivity contribution in [1.29, 1.82) is 0 Å². The third-order valence-corrected chi connectivity index (χ3v) is 6.37. The molecule has 2 aliphatic carbocycles. The molecule has 5 heteroatoms. The van der Waals surface area contributed by atoms with Crippen LogP contribution in [0.5, 0.6) is 0 Å². The van der Waals surface area contributed by atoms with Gasteiger partial charge in [0.2, 0.25) is 5.91 Å². The smallest absolute Gasteiger partial charge is 0.350 e. The zero-order valence-electron chi connectivity index (χ0n) is 14.6. The Morgan fingerprint density at radius 1 is 1.17 bits per heavy atom. The molecule has 132 valence electrons. The molecule has 4 nitrogen and oxygen atoms in total. The average molecular weight is 349 g/mol. The molecule has 1 amide bonds. The molecule has 0 bridgehead atoms. The van der Waals surface area contributed by atoms with E-state index in [1.165, 1.54) is 37.7 Å². The van der Waals surface area contributed by atoms with Crippen molar-refractivity contribution < 1.29 is 14.3 Å². The summed E-state index contributed by atoms with van der Waals surface area (Å²) in [5.41, 5.74) is 0.751. The molecule has 0 spiro atoms. The second kappa shape index (κ2) is 7.68. The fraction of sp³-hybridized carbons (Fsp3) is 0.684. The fourth-order valence-electron chi connectivity index (χ4n) is 3.66. The molecule has 2 fully saturated rings. The zero-order valence-corrected chi connectivity index (χ0v) is 15.4. The van der Waals surface area contributed by atoms with Gasteiger partial charge in [-0.2, -0.15) is 0 Å². The largest absolute Gasteiger partial charge is 0.465 e. The van der Waals surface area contributed by atoms with E-state index in [-0.39, 0.29) is 17.8 Å². The topological polar surface area (TPSA) is 46.6 Å². The molecule has 2 saturated carbocycles. The van der Waals surface area contributed by atoms with Gasteiger partial charge in [0, 0.05) is 12.5 Å². The van der Waals surface area contributed by atoms with Crippen LogP contribution < -0.4 is 4.90 Å². The molecule has 0 radical (unpaired) electrons. The number of carbonyl (C=O) groups excluding carboxylic acids is 2. The molecular formula is C19H27NO3S. The number of amides is 1. The van der Waals surface area contributed by atoms with Crippen molar-refractivity contribution in [3.63, 3.8) is 0 Å². The lowest BCUT2D eigenvalue weighted by Crippen LogP contribution is -2.39. The first-order chi connectivity index (χ1) is 11.6. The van der Waals surface area contributed by atoms with Crippen LogP contribution in [-0.2, 0) is 9.53 Å². The summed E-state index contributed by atoms with van der Waals surface area (Å²) in [6.07, 6.45) is 7.85. The van der Waals surface area contributed by atoms with Gasteiger partial charge in [0.05, 0.1) is 12.8 Å². The molecule has 1 heterocycles. The van der Waals surface area contributed by atoms with E-state index in [1.807, 2.05) is 16.3 Å². The van der Waals surface area contributed by atoms with Crippen LogP contribution in [-0.4, -0.2) is 25.5 Å². The Morgan fingerprint density at radius 2 is 1.83 bits per heavy atom. The summed E-state index contributed by atoms with van der Waals surface area (Å²) in [4.78, 5) is 27.7. The van der Waals surface area contributed by atoms with Crippen LogP contribution in [0.15, 0.2) is 11.4 Å². The lowest BCUT2D eigenvalue weighted by atomic mass is 9.80. The predicted octanol–water partition coefficient (Wildman–Crippen LogP) is 4.49. The fourth-order valence-corrected chi connectivity index (χ4v) is 4.48. The van der Waals surface area contributed by atoms with Crippen LogP contribution >= 0.6 is 11.3 Å². The van der Waals surface area contributed by atoms with Crippen LogP contribution in [0, 0.1) is 17.8 Å². The third kappa shape index (κ3) is 3.82. The number of carbonyl (C=O) groups is 2. The minimum Gasteiger partial charge on any atom is -0.465 e. The highest BCUT2D eigenvalue weighted by Gasteiger charge is 2.35. The van der Waals surface area contributed by atoms with Gasteiger partial charge in [-0.1, -0.05) is 13.3 Å². The van der Waals surface area contributed by atoms with Crippen LogP contribution in [0.4, 0.5) is 5.69 Å². The number of rotatable bonds is 6. The Morgan fingerprint density at radius 3 is 2.42 bits per heavy atom. The van der Waals surface area contributed by atoms with E-state index >= 15 is 0 Å². The van der Waals surface area contributed by atoms with E-state index in [1.54, 1.807) is 0 Å². The number of ether oxygens (including phenoxy) is 1. The monoisotopic (exact) mass is 349 g/mol. The number of anilines is 1. The van der Waals surface area contributed by atoms with Gasteiger partial charge in [-0.3, -0.25) is 4.79 Å². The summed E-state index contributed by atoms with van der Waals surface area (Å²) in [7, 11) is 1.39. The number of nitrogens with zero attached hydrogens (tertiary/aromatic N) is 1. The van der Waals surface area contributed by atoms with E-state index in [0.29, 0.717) is 10.8 Å². The van der Waals surface area contributed by atoms with Crippen molar-refractivity contribution in [3.05, 3.63) is 16.3 Å². The first kappa shape index (κ1) is 17.5. The van der Waals surface area contributed by atoms with E-state index < -0.39 is 0 Å². The Balaban J connectivity index is 1.78. The van der Waals surface area contributed by atoms with Gasteiger partial charge in [0.15, 0.2) is 0 Å². The van der Waals surface area contributed by atoms with Crippen molar-refractivity contribution in [2.45, 2.75) is 51.9 Å². The van der Waals surface area contributed by atoms with Gasteiger partial charge in [0.25, 0.3) is 0 Å².